The molecule has 164 valence electrons. The lowest BCUT2D eigenvalue weighted by atomic mass is 10.0. The third kappa shape index (κ3) is 7.05. The molecule has 0 spiro atoms. The fraction of sp³-hybridized carbons (Fsp3) is 0.158. The van der Waals surface area contributed by atoms with Gasteiger partial charge in [0.05, 0.1) is 29.1 Å². The third-order valence-corrected chi connectivity index (χ3v) is 4.55. The lowest BCUT2D eigenvalue weighted by Crippen LogP contribution is -2.39. The SMILES string of the molecule is N=C(N)Nc1cccc(C(=O)NCC(=O)NC(CC(=O)O)c2cc(Cl)c(O)c(Cl)c2)c1. The highest BCUT2D eigenvalue weighted by molar-refractivity contribution is 6.37. The Balaban J connectivity index is 2.05. The van der Waals surface area contributed by atoms with Crippen molar-refractivity contribution >= 4 is 52.6 Å². The number of amides is 2. The van der Waals surface area contributed by atoms with Gasteiger partial charge in [-0.3, -0.25) is 19.8 Å². The number of carbonyl (C=O) groups excluding carboxylic acids is 2. The number of carboxylic acids is 1. The molecule has 0 aliphatic heterocycles. The molecule has 31 heavy (non-hydrogen) atoms. The molecule has 0 aliphatic rings. The molecule has 0 aromatic heterocycles. The van der Waals surface area contributed by atoms with E-state index in [1.165, 1.54) is 24.3 Å². The van der Waals surface area contributed by atoms with E-state index in [0.29, 0.717) is 5.69 Å². The molecule has 1 atom stereocenters. The minimum atomic E-state index is -1.19. The van der Waals surface area contributed by atoms with Crippen LogP contribution in [0.15, 0.2) is 36.4 Å². The number of hydrogen-bond acceptors (Lipinski definition) is 5. The molecule has 2 amide bonds. The van der Waals surface area contributed by atoms with Gasteiger partial charge in [0.15, 0.2) is 11.7 Å². The molecule has 10 nitrogen and oxygen atoms in total. The average molecular weight is 468 g/mol. The molecule has 12 heteroatoms. The zero-order chi connectivity index (χ0) is 23.1. The van der Waals surface area contributed by atoms with Crippen LogP contribution in [0.3, 0.4) is 0 Å². The van der Waals surface area contributed by atoms with Crippen LogP contribution in [0.2, 0.25) is 10.0 Å². The van der Waals surface area contributed by atoms with Crippen LogP contribution < -0.4 is 21.7 Å². The van der Waals surface area contributed by atoms with Crippen molar-refractivity contribution in [3.8, 4) is 5.75 Å². The summed E-state index contributed by atoms with van der Waals surface area (Å²) >= 11 is 11.7. The minimum absolute atomic E-state index is 0.0977. The van der Waals surface area contributed by atoms with Gasteiger partial charge < -0.3 is 31.9 Å². The predicted molar refractivity (Wildman–Crippen MR) is 116 cm³/mol. The predicted octanol–water partition coefficient (Wildman–Crippen LogP) is 2.07. The molecule has 0 radical (unpaired) electrons. The molecular formula is C19H19Cl2N5O5. The van der Waals surface area contributed by atoms with Gasteiger partial charge in [-0.1, -0.05) is 29.3 Å². The van der Waals surface area contributed by atoms with E-state index in [0.717, 1.165) is 0 Å². The van der Waals surface area contributed by atoms with Crippen molar-refractivity contribution in [2.75, 3.05) is 11.9 Å². The molecule has 1 unspecified atom stereocenters. The van der Waals surface area contributed by atoms with E-state index in [1.54, 1.807) is 12.1 Å². The first-order valence-corrected chi connectivity index (χ1v) is 9.50. The molecule has 0 saturated heterocycles. The summed E-state index contributed by atoms with van der Waals surface area (Å²) in [5.74, 6) is -3.06. The van der Waals surface area contributed by atoms with Crippen LogP contribution >= 0.6 is 23.2 Å². The maximum Gasteiger partial charge on any atom is 0.305 e. The number of aliphatic carboxylic acids is 1. The molecule has 0 heterocycles. The van der Waals surface area contributed by atoms with Gasteiger partial charge in [0.1, 0.15) is 0 Å². The van der Waals surface area contributed by atoms with E-state index in [1.807, 2.05) is 0 Å². The number of nitrogens with one attached hydrogen (secondary N) is 4. The third-order valence-electron chi connectivity index (χ3n) is 3.97. The highest BCUT2D eigenvalue weighted by Crippen LogP contribution is 2.35. The number of benzene rings is 2. The smallest absolute Gasteiger partial charge is 0.305 e. The fourth-order valence-corrected chi connectivity index (χ4v) is 3.12. The summed E-state index contributed by atoms with van der Waals surface area (Å²) < 4.78 is 0. The molecule has 8 N–H and O–H groups in total. The van der Waals surface area contributed by atoms with Gasteiger partial charge in [-0.2, -0.15) is 0 Å². The largest absolute Gasteiger partial charge is 0.505 e. The van der Waals surface area contributed by atoms with Gasteiger partial charge in [-0.25, -0.2) is 0 Å². The molecule has 0 saturated carbocycles. The Morgan fingerprint density at radius 2 is 1.77 bits per heavy atom. The fourth-order valence-electron chi connectivity index (χ4n) is 2.61. The Morgan fingerprint density at radius 3 is 2.35 bits per heavy atom. The van der Waals surface area contributed by atoms with Crippen molar-refractivity contribution in [2.24, 2.45) is 5.73 Å². The van der Waals surface area contributed by atoms with E-state index in [4.69, 9.17) is 39.5 Å². The molecule has 2 aromatic carbocycles. The number of carboxylic acid groups (broad SMARTS) is 1. The van der Waals surface area contributed by atoms with Crippen LogP contribution in [0.4, 0.5) is 5.69 Å². The van der Waals surface area contributed by atoms with E-state index >= 15 is 0 Å². The Kier molecular flexibility index (Phi) is 8.06. The Hall–Kier alpha value is -3.50. The Bertz CT molecular complexity index is 1010. The summed E-state index contributed by atoms with van der Waals surface area (Å²) in [6.45, 7) is -0.432. The van der Waals surface area contributed by atoms with Crippen LogP contribution in [0.1, 0.15) is 28.4 Å². The van der Waals surface area contributed by atoms with Crippen LogP contribution in [0, 0.1) is 5.41 Å². The van der Waals surface area contributed by atoms with Crippen LogP contribution in [0.25, 0.3) is 0 Å². The zero-order valence-corrected chi connectivity index (χ0v) is 17.4. The first-order chi connectivity index (χ1) is 14.6. The van der Waals surface area contributed by atoms with Crippen molar-refractivity contribution in [1.82, 2.24) is 10.6 Å². The van der Waals surface area contributed by atoms with Crippen LogP contribution in [0.5, 0.6) is 5.75 Å². The second kappa shape index (κ2) is 10.5. The van der Waals surface area contributed by atoms with Crippen molar-refractivity contribution < 1.29 is 24.6 Å². The van der Waals surface area contributed by atoms with Crippen molar-refractivity contribution in [1.29, 1.82) is 5.41 Å². The number of nitrogens with two attached hydrogens (primary N) is 1. The second-order valence-electron chi connectivity index (χ2n) is 6.35. The van der Waals surface area contributed by atoms with Gasteiger partial charge in [-0.05, 0) is 35.9 Å². The topological polar surface area (TPSA) is 178 Å². The highest BCUT2D eigenvalue weighted by atomic mass is 35.5. The number of anilines is 1. The molecule has 2 aromatic rings. The summed E-state index contributed by atoms with van der Waals surface area (Å²) in [4.78, 5) is 35.8. The van der Waals surface area contributed by atoms with Crippen LogP contribution in [-0.4, -0.2) is 40.5 Å². The lowest BCUT2D eigenvalue weighted by molar-refractivity contribution is -0.137. The zero-order valence-electron chi connectivity index (χ0n) is 15.9. The van der Waals surface area contributed by atoms with Crippen molar-refractivity contribution in [2.45, 2.75) is 12.5 Å². The molecule has 0 aliphatic carbocycles. The Labute approximate surface area is 186 Å². The average Bonchev–Trinajstić information content (AvgIpc) is 2.68. The molecule has 2 rings (SSSR count). The lowest BCUT2D eigenvalue weighted by Gasteiger charge is -2.19. The number of carbonyl (C=O) groups is 3. The number of aromatic hydroxyl groups is 1. The van der Waals surface area contributed by atoms with Crippen molar-refractivity contribution in [3.63, 3.8) is 0 Å². The van der Waals surface area contributed by atoms with E-state index < -0.39 is 36.8 Å². The first-order valence-electron chi connectivity index (χ1n) is 8.75. The Morgan fingerprint density at radius 1 is 1.13 bits per heavy atom. The maximum absolute atomic E-state index is 12.3. The number of phenolic OH excluding ortho intramolecular Hbond substituents is 1. The van der Waals surface area contributed by atoms with Gasteiger partial charge in [0.25, 0.3) is 5.91 Å². The maximum atomic E-state index is 12.3. The van der Waals surface area contributed by atoms with E-state index in [2.05, 4.69) is 16.0 Å². The minimum Gasteiger partial charge on any atom is -0.505 e. The van der Waals surface area contributed by atoms with Gasteiger partial charge >= 0.3 is 5.97 Å². The van der Waals surface area contributed by atoms with E-state index in [-0.39, 0.29) is 32.9 Å². The number of phenols is 1. The van der Waals surface area contributed by atoms with Gasteiger partial charge in [0, 0.05) is 11.3 Å². The summed E-state index contributed by atoms with van der Waals surface area (Å²) in [5, 5.41) is 33.3. The molecule has 0 bridgehead atoms. The quantitative estimate of drug-likeness (QED) is 0.229. The number of halogens is 2. The molecule has 0 fully saturated rings. The monoisotopic (exact) mass is 467 g/mol. The summed E-state index contributed by atoms with van der Waals surface area (Å²) in [5.41, 5.74) is 6.17. The summed E-state index contributed by atoms with van der Waals surface area (Å²) in [6, 6.07) is 7.72. The van der Waals surface area contributed by atoms with Crippen LogP contribution in [-0.2, 0) is 9.59 Å². The van der Waals surface area contributed by atoms with E-state index in [9.17, 15) is 19.5 Å². The standard InChI is InChI=1S/C19H19Cl2N5O5/c20-12-5-10(6-13(21)17(12)30)14(7-16(28)29)26-15(27)8-24-18(31)9-2-1-3-11(4-9)25-19(22)23/h1-6,14,30H,7-8H2,(H,24,31)(H,26,27)(H,28,29)(H4,22,23,25). The second-order valence-corrected chi connectivity index (χ2v) is 7.17. The van der Waals surface area contributed by atoms with Gasteiger partial charge in [-0.15, -0.1) is 0 Å². The van der Waals surface area contributed by atoms with Crippen molar-refractivity contribution in [3.05, 3.63) is 57.6 Å². The summed E-state index contributed by atoms with van der Waals surface area (Å²) in [6.07, 6.45) is -0.476. The first kappa shape index (κ1) is 23.8. The molecular weight excluding hydrogens is 449 g/mol. The normalized spacial score (nSPS) is 11.3. The highest BCUT2D eigenvalue weighted by Gasteiger charge is 2.21. The number of rotatable bonds is 8. The number of hydrogen-bond donors (Lipinski definition) is 7. The van der Waals surface area contributed by atoms with Gasteiger partial charge in [0.2, 0.25) is 5.91 Å². The number of guanidine groups is 1. The summed E-state index contributed by atoms with van der Waals surface area (Å²) in [7, 11) is 0.